The molecule has 1 heterocycles. The summed E-state index contributed by atoms with van der Waals surface area (Å²) in [5.74, 6) is -1.77. The monoisotopic (exact) mass is 746 g/mol. The van der Waals surface area contributed by atoms with Crippen molar-refractivity contribution >= 4 is 51.9 Å². The molecule has 0 aliphatic rings. The van der Waals surface area contributed by atoms with E-state index >= 15 is 0 Å². The number of hydrogen-bond donors (Lipinski definition) is 2. The number of aryl methyl sites for hydroxylation is 2. The molecule has 3 N–H and O–H groups in total. The quantitative estimate of drug-likeness (QED) is 0.0621. The number of esters is 1. The van der Waals surface area contributed by atoms with E-state index in [1.807, 2.05) is 31.4 Å². The topological polar surface area (TPSA) is 189 Å². The summed E-state index contributed by atoms with van der Waals surface area (Å²) in [6.45, 7) is 4.07. The zero-order valence-electron chi connectivity index (χ0n) is 28.4. The highest BCUT2D eigenvalue weighted by Gasteiger charge is 2.23. The van der Waals surface area contributed by atoms with E-state index < -0.39 is 21.8 Å². The van der Waals surface area contributed by atoms with E-state index in [0.29, 0.717) is 32.8 Å². The summed E-state index contributed by atoms with van der Waals surface area (Å²) in [4.78, 5) is 50.4. The van der Waals surface area contributed by atoms with Crippen LogP contribution in [0.15, 0.2) is 109 Å². The average Bonchev–Trinajstić information content (AvgIpc) is 3.64. The average molecular weight is 747 g/mol. The molecule has 0 atom stereocenters. The number of carbonyl (C=O) groups is 2. The number of nitro groups is 2. The van der Waals surface area contributed by atoms with E-state index in [2.05, 4.69) is 6.07 Å². The van der Waals surface area contributed by atoms with Gasteiger partial charge in [0.25, 0.3) is 11.4 Å². The summed E-state index contributed by atoms with van der Waals surface area (Å²) >= 11 is 6.32. The third-order valence-corrected chi connectivity index (χ3v) is 9.28. The standard InChI is InChI=1S/C24H18N2O4S.C15H12N2O4S/c1-14-7-9-17(15(2)11-14)21-13-31-23(25-21)16-8-10-18(20(12-16)24(27)28)19-5-3-4-6-22(19)26(29)30;1-21-15(18)12-8-9(14(16)22)6-7-10(12)11-4-2-3-5-13(11)17(19)20/h3-13H,1-2H3,(H,27,28);2-8H,1H3,(H2,16,22). The van der Waals surface area contributed by atoms with Gasteiger partial charge in [0.15, 0.2) is 0 Å². The van der Waals surface area contributed by atoms with Crippen molar-refractivity contribution in [2.45, 2.75) is 13.8 Å². The van der Waals surface area contributed by atoms with Crippen molar-refractivity contribution in [2.75, 3.05) is 7.11 Å². The number of methoxy groups -OCH3 is 1. The molecule has 0 spiro atoms. The van der Waals surface area contributed by atoms with Gasteiger partial charge in [-0.2, -0.15) is 0 Å². The molecule has 0 aliphatic heterocycles. The minimum atomic E-state index is -1.15. The number of aromatic nitrogens is 1. The summed E-state index contributed by atoms with van der Waals surface area (Å²) in [5.41, 5.74) is 12.1. The van der Waals surface area contributed by atoms with E-state index in [4.69, 9.17) is 27.7 Å². The minimum Gasteiger partial charge on any atom is -0.478 e. The van der Waals surface area contributed by atoms with Crippen molar-refractivity contribution in [3.63, 3.8) is 0 Å². The van der Waals surface area contributed by atoms with Crippen LogP contribution in [0.3, 0.4) is 0 Å². The second-order valence-corrected chi connectivity index (χ2v) is 12.9. The number of nitrogens with zero attached hydrogens (tertiary/aromatic N) is 3. The summed E-state index contributed by atoms with van der Waals surface area (Å²) in [6.07, 6.45) is 0. The molecule has 5 aromatic carbocycles. The third-order valence-electron chi connectivity index (χ3n) is 8.15. The van der Waals surface area contributed by atoms with Gasteiger partial charge in [0.1, 0.15) is 10.00 Å². The Hall–Kier alpha value is -6.64. The third kappa shape index (κ3) is 8.30. The fourth-order valence-electron chi connectivity index (χ4n) is 5.65. The van der Waals surface area contributed by atoms with Crippen LogP contribution in [-0.2, 0) is 4.74 Å². The lowest BCUT2D eigenvalue weighted by Gasteiger charge is -2.10. The summed E-state index contributed by atoms with van der Waals surface area (Å²) in [7, 11) is 1.24. The molecule has 6 aromatic rings. The highest BCUT2D eigenvalue weighted by molar-refractivity contribution is 7.80. The van der Waals surface area contributed by atoms with Crippen LogP contribution in [0.25, 0.3) is 44.1 Å². The lowest BCUT2D eigenvalue weighted by molar-refractivity contribution is -0.384. The molecule has 266 valence electrons. The lowest BCUT2D eigenvalue weighted by Crippen LogP contribution is -2.12. The Labute approximate surface area is 312 Å². The molecule has 0 unspecified atom stereocenters. The van der Waals surface area contributed by atoms with Crippen molar-refractivity contribution in [3.8, 4) is 44.1 Å². The van der Waals surface area contributed by atoms with Gasteiger partial charge < -0.3 is 15.6 Å². The fourth-order valence-corrected chi connectivity index (χ4v) is 6.60. The van der Waals surface area contributed by atoms with E-state index in [-0.39, 0.29) is 33.1 Å². The number of carbonyl (C=O) groups excluding carboxylic acids is 1. The van der Waals surface area contributed by atoms with Crippen molar-refractivity contribution in [1.82, 2.24) is 4.98 Å². The number of nitro benzene ring substituents is 2. The van der Waals surface area contributed by atoms with E-state index in [9.17, 15) is 34.9 Å². The number of nitrogens with two attached hydrogens (primary N) is 1. The first kappa shape index (κ1) is 37.6. The molecule has 12 nitrogen and oxygen atoms in total. The van der Waals surface area contributed by atoms with E-state index in [0.717, 1.165) is 16.8 Å². The van der Waals surface area contributed by atoms with Crippen molar-refractivity contribution in [3.05, 3.63) is 157 Å². The van der Waals surface area contributed by atoms with Crippen LogP contribution in [0.5, 0.6) is 0 Å². The second kappa shape index (κ2) is 16.1. The maximum atomic E-state index is 12.0. The molecular weight excluding hydrogens is 717 g/mol. The number of thiocarbonyl (C=S) groups is 1. The van der Waals surface area contributed by atoms with Gasteiger partial charge in [0, 0.05) is 45.3 Å². The van der Waals surface area contributed by atoms with Gasteiger partial charge in [-0.1, -0.05) is 84.5 Å². The fraction of sp³-hybridized carbons (Fsp3) is 0.0769. The molecule has 0 amide bonds. The maximum absolute atomic E-state index is 12.0. The van der Waals surface area contributed by atoms with Crippen LogP contribution in [0, 0.1) is 34.1 Å². The van der Waals surface area contributed by atoms with Gasteiger partial charge in [-0.3, -0.25) is 20.2 Å². The van der Waals surface area contributed by atoms with Crippen LogP contribution >= 0.6 is 23.6 Å². The number of carboxylic acids is 1. The van der Waals surface area contributed by atoms with Gasteiger partial charge in [0.2, 0.25) is 0 Å². The Morgan fingerprint density at radius 2 is 1.34 bits per heavy atom. The molecule has 6 rings (SSSR count). The highest BCUT2D eigenvalue weighted by Crippen LogP contribution is 2.37. The highest BCUT2D eigenvalue weighted by atomic mass is 32.1. The molecule has 0 radical (unpaired) electrons. The molecule has 53 heavy (non-hydrogen) atoms. The van der Waals surface area contributed by atoms with Gasteiger partial charge in [-0.05, 0) is 43.7 Å². The molecule has 1 aromatic heterocycles. The van der Waals surface area contributed by atoms with Gasteiger partial charge in [-0.25, -0.2) is 14.6 Å². The van der Waals surface area contributed by atoms with Gasteiger partial charge >= 0.3 is 11.9 Å². The molecule has 0 fully saturated rings. The largest absolute Gasteiger partial charge is 0.478 e. The van der Waals surface area contributed by atoms with Gasteiger partial charge in [0.05, 0.1) is 44.9 Å². The number of hydrogen-bond acceptors (Lipinski definition) is 10. The van der Waals surface area contributed by atoms with Crippen molar-refractivity contribution in [2.24, 2.45) is 5.73 Å². The van der Waals surface area contributed by atoms with Crippen LogP contribution in [-0.4, -0.2) is 44.0 Å². The first-order valence-electron chi connectivity index (χ1n) is 15.7. The normalized spacial score (nSPS) is 10.5. The van der Waals surface area contributed by atoms with Crippen LogP contribution in [0.4, 0.5) is 11.4 Å². The second-order valence-electron chi connectivity index (χ2n) is 11.6. The van der Waals surface area contributed by atoms with Crippen LogP contribution in [0.1, 0.15) is 37.4 Å². The minimum absolute atomic E-state index is 0.00457. The summed E-state index contributed by atoms with van der Waals surface area (Å²) < 4.78 is 4.74. The zero-order valence-corrected chi connectivity index (χ0v) is 30.1. The number of ether oxygens (including phenoxy) is 1. The van der Waals surface area contributed by atoms with Crippen molar-refractivity contribution in [1.29, 1.82) is 0 Å². The zero-order chi connectivity index (χ0) is 38.4. The predicted octanol–water partition coefficient (Wildman–Crippen LogP) is 9.05. The van der Waals surface area contributed by atoms with Crippen LogP contribution in [0.2, 0.25) is 0 Å². The Kier molecular flexibility index (Phi) is 11.5. The molecule has 0 saturated carbocycles. The first-order chi connectivity index (χ1) is 25.3. The number of rotatable bonds is 9. The molecular formula is C39H30N4O8S2. The summed E-state index contributed by atoms with van der Waals surface area (Å²) in [6, 6.07) is 28.0. The molecule has 14 heteroatoms. The Bertz CT molecular complexity index is 2430. The van der Waals surface area contributed by atoms with Crippen molar-refractivity contribution < 1.29 is 29.3 Å². The van der Waals surface area contributed by atoms with Crippen LogP contribution < -0.4 is 5.73 Å². The Morgan fingerprint density at radius 3 is 1.89 bits per heavy atom. The van der Waals surface area contributed by atoms with E-state index in [1.165, 1.54) is 48.3 Å². The number of thiazole rings is 1. The molecule has 0 saturated heterocycles. The molecule has 0 aliphatic carbocycles. The predicted molar refractivity (Wildman–Crippen MR) is 207 cm³/mol. The Balaban J connectivity index is 0.000000217. The molecule has 0 bridgehead atoms. The number of benzene rings is 5. The first-order valence-corrected chi connectivity index (χ1v) is 17.0. The smallest absolute Gasteiger partial charge is 0.338 e. The maximum Gasteiger partial charge on any atom is 0.338 e. The van der Waals surface area contributed by atoms with Gasteiger partial charge in [-0.15, -0.1) is 11.3 Å². The Morgan fingerprint density at radius 1 is 0.774 bits per heavy atom. The number of para-hydroxylation sites is 2. The number of aromatic carboxylic acids is 1. The van der Waals surface area contributed by atoms with E-state index in [1.54, 1.807) is 60.7 Å². The number of carboxylic acid groups (broad SMARTS) is 1. The lowest BCUT2D eigenvalue weighted by atomic mass is 9.96. The summed E-state index contributed by atoms with van der Waals surface area (Å²) in [5, 5.41) is 35.0. The SMILES string of the molecule is COC(=O)c1cc(C(N)=S)ccc1-c1ccccc1[N+](=O)[O-].Cc1ccc(-c2csc(-c3ccc(-c4ccccc4[N+](=O)[O-])c(C(=O)O)c3)n2)c(C)c1.